The van der Waals surface area contributed by atoms with Gasteiger partial charge >= 0.3 is 0 Å². The molecular weight excluding hydrogens is 320 g/mol. The highest BCUT2D eigenvalue weighted by molar-refractivity contribution is 5.95. The number of primary amides is 1. The molecule has 138 valence electrons. The van der Waals surface area contributed by atoms with Gasteiger partial charge in [-0.1, -0.05) is 26.3 Å². The van der Waals surface area contributed by atoms with Gasteiger partial charge in [-0.3, -0.25) is 9.59 Å². The van der Waals surface area contributed by atoms with E-state index in [0.29, 0.717) is 24.7 Å². The number of nitrogens with two attached hydrogens (primary N) is 1. The predicted octanol–water partition coefficient (Wildman–Crippen LogP) is 2.51. The van der Waals surface area contributed by atoms with Gasteiger partial charge in [0.15, 0.2) is 11.5 Å². The number of carbonyl (C=O) groups is 2. The second-order valence-corrected chi connectivity index (χ2v) is 5.68. The zero-order valence-electron chi connectivity index (χ0n) is 15.4. The lowest BCUT2D eigenvalue weighted by Gasteiger charge is -2.20. The highest BCUT2D eigenvalue weighted by Gasteiger charge is 2.22. The van der Waals surface area contributed by atoms with Crippen LogP contribution < -0.4 is 20.5 Å². The van der Waals surface area contributed by atoms with Crippen molar-refractivity contribution in [1.29, 1.82) is 0 Å². The molecule has 0 aliphatic heterocycles. The van der Waals surface area contributed by atoms with Gasteiger partial charge in [0.25, 0.3) is 0 Å². The van der Waals surface area contributed by atoms with Gasteiger partial charge in [-0.05, 0) is 43.5 Å². The molecular formula is C19H28N2O4. The van der Waals surface area contributed by atoms with Crippen LogP contribution in [0.4, 0.5) is 0 Å². The van der Waals surface area contributed by atoms with Crippen LogP contribution >= 0.6 is 0 Å². The minimum atomic E-state index is -0.679. The number of nitrogens with one attached hydrogen (secondary N) is 1. The van der Waals surface area contributed by atoms with Crippen molar-refractivity contribution < 1.29 is 19.1 Å². The van der Waals surface area contributed by atoms with E-state index < -0.39 is 11.9 Å². The molecule has 0 saturated heterocycles. The van der Waals surface area contributed by atoms with Gasteiger partial charge in [0.1, 0.15) is 6.04 Å². The lowest BCUT2D eigenvalue weighted by atomic mass is 9.98. The molecule has 0 aliphatic rings. The SMILES string of the molecule is CCOc1ccc(C=CC(=O)NC(C(N)=O)C(C)CC)cc1OCC. The van der Waals surface area contributed by atoms with E-state index >= 15 is 0 Å². The molecule has 0 heterocycles. The normalized spacial score (nSPS) is 13.3. The Morgan fingerprint density at radius 3 is 2.36 bits per heavy atom. The summed E-state index contributed by atoms with van der Waals surface area (Å²) in [7, 11) is 0. The fourth-order valence-electron chi connectivity index (χ4n) is 2.27. The molecule has 0 bridgehead atoms. The number of rotatable bonds is 10. The van der Waals surface area contributed by atoms with Crippen LogP contribution in [0, 0.1) is 5.92 Å². The molecule has 6 nitrogen and oxygen atoms in total. The topological polar surface area (TPSA) is 90.6 Å². The van der Waals surface area contributed by atoms with Crippen LogP contribution in [-0.2, 0) is 9.59 Å². The summed E-state index contributed by atoms with van der Waals surface area (Å²) in [4.78, 5) is 23.5. The monoisotopic (exact) mass is 348 g/mol. The first-order chi connectivity index (χ1) is 11.9. The Balaban J connectivity index is 2.84. The van der Waals surface area contributed by atoms with E-state index in [4.69, 9.17) is 15.2 Å². The molecule has 0 fully saturated rings. The van der Waals surface area contributed by atoms with E-state index in [1.54, 1.807) is 18.2 Å². The Morgan fingerprint density at radius 2 is 1.80 bits per heavy atom. The first kappa shape index (κ1) is 20.5. The summed E-state index contributed by atoms with van der Waals surface area (Å²) in [5, 5.41) is 2.65. The van der Waals surface area contributed by atoms with E-state index in [1.165, 1.54) is 6.08 Å². The zero-order valence-corrected chi connectivity index (χ0v) is 15.4. The average Bonchev–Trinajstić information content (AvgIpc) is 2.59. The van der Waals surface area contributed by atoms with Crippen molar-refractivity contribution in [1.82, 2.24) is 5.32 Å². The smallest absolute Gasteiger partial charge is 0.244 e. The minimum absolute atomic E-state index is 0.0233. The maximum atomic E-state index is 12.1. The van der Waals surface area contributed by atoms with Gasteiger partial charge in [0.05, 0.1) is 13.2 Å². The summed E-state index contributed by atoms with van der Waals surface area (Å²) in [6.45, 7) is 8.67. The van der Waals surface area contributed by atoms with Crippen molar-refractivity contribution in [2.75, 3.05) is 13.2 Å². The van der Waals surface area contributed by atoms with Crippen molar-refractivity contribution >= 4 is 17.9 Å². The van der Waals surface area contributed by atoms with Crippen LogP contribution in [-0.4, -0.2) is 31.1 Å². The highest BCUT2D eigenvalue weighted by Crippen LogP contribution is 2.29. The summed E-state index contributed by atoms with van der Waals surface area (Å²) in [6, 6.07) is 4.76. The summed E-state index contributed by atoms with van der Waals surface area (Å²) in [5.41, 5.74) is 6.15. The molecule has 0 saturated carbocycles. The Bertz CT molecular complexity index is 613. The highest BCUT2D eigenvalue weighted by atomic mass is 16.5. The van der Waals surface area contributed by atoms with Crippen molar-refractivity contribution in [2.24, 2.45) is 11.7 Å². The second kappa shape index (κ2) is 10.4. The molecule has 0 spiro atoms. The second-order valence-electron chi connectivity index (χ2n) is 5.68. The summed E-state index contributed by atoms with van der Waals surface area (Å²) in [5.74, 6) is 0.370. The third kappa shape index (κ3) is 6.49. The molecule has 0 aliphatic carbocycles. The molecule has 1 aromatic rings. The van der Waals surface area contributed by atoms with Gasteiger partial charge in [-0.25, -0.2) is 0 Å². The Morgan fingerprint density at radius 1 is 1.16 bits per heavy atom. The number of carbonyl (C=O) groups excluding carboxylic acids is 2. The summed E-state index contributed by atoms with van der Waals surface area (Å²) in [6.07, 6.45) is 3.78. The van der Waals surface area contributed by atoms with E-state index in [1.807, 2.05) is 33.8 Å². The Labute approximate surface area is 149 Å². The summed E-state index contributed by atoms with van der Waals surface area (Å²) < 4.78 is 11.1. The van der Waals surface area contributed by atoms with E-state index in [0.717, 1.165) is 12.0 Å². The van der Waals surface area contributed by atoms with Crippen LogP contribution in [0.1, 0.15) is 39.7 Å². The number of benzene rings is 1. The fourth-order valence-corrected chi connectivity index (χ4v) is 2.27. The average molecular weight is 348 g/mol. The molecule has 1 rings (SSSR count). The van der Waals surface area contributed by atoms with Crippen LogP contribution in [0.5, 0.6) is 11.5 Å². The minimum Gasteiger partial charge on any atom is -0.490 e. The number of amides is 2. The molecule has 1 aromatic carbocycles. The maximum Gasteiger partial charge on any atom is 0.244 e. The standard InChI is InChI=1S/C19H28N2O4/c1-5-13(4)18(19(20)23)21-17(22)11-9-14-8-10-15(24-6-2)16(12-14)25-7-3/h8-13,18H,5-7H2,1-4H3,(H2,20,23)(H,21,22). The third-order valence-corrected chi connectivity index (χ3v) is 3.81. The molecule has 2 unspecified atom stereocenters. The number of hydrogen-bond donors (Lipinski definition) is 2. The van der Waals surface area contributed by atoms with Crippen molar-refractivity contribution in [3.63, 3.8) is 0 Å². The number of ether oxygens (including phenoxy) is 2. The molecule has 6 heteroatoms. The molecule has 2 atom stereocenters. The van der Waals surface area contributed by atoms with Crippen LogP contribution in [0.15, 0.2) is 24.3 Å². The first-order valence-electron chi connectivity index (χ1n) is 8.60. The van der Waals surface area contributed by atoms with Gasteiger partial charge in [-0.2, -0.15) is 0 Å². The van der Waals surface area contributed by atoms with Crippen LogP contribution in [0.3, 0.4) is 0 Å². The van der Waals surface area contributed by atoms with E-state index in [2.05, 4.69) is 5.32 Å². The molecule has 0 radical (unpaired) electrons. The summed E-state index contributed by atoms with van der Waals surface area (Å²) >= 11 is 0. The van der Waals surface area contributed by atoms with Crippen molar-refractivity contribution in [2.45, 2.75) is 40.2 Å². The largest absolute Gasteiger partial charge is 0.490 e. The van der Waals surface area contributed by atoms with E-state index in [-0.39, 0.29) is 11.8 Å². The predicted molar refractivity (Wildman–Crippen MR) is 98.4 cm³/mol. The van der Waals surface area contributed by atoms with Gasteiger partial charge < -0.3 is 20.5 Å². The van der Waals surface area contributed by atoms with Crippen LogP contribution in [0.2, 0.25) is 0 Å². The van der Waals surface area contributed by atoms with Gasteiger partial charge in [0, 0.05) is 6.08 Å². The zero-order chi connectivity index (χ0) is 18.8. The third-order valence-electron chi connectivity index (χ3n) is 3.81. The van der Waals surface area contributed by atoms with Gasteiger partial charge in [-0.15, -0.1) is 0 Å². The molecule has 0 aromatic heterocycles. The number of hydrogen-bond acceptors (Lipinski definition) is 4. The first-order valence-corrected chi connectivity index (χ1v) is 8.60. The fraction of sp³-hybridized carbons (Fsp3) is 0.474. The van der Waals surface area contributed by atoms with Crippen molar-refractivity contribution in [3.8, 4) is 11.5 Å². The van der Waals surface area contributed by atoms with Crippen molar-refractivity contribution in [3.05, 3.63) is 29.8 Å². The molecule has 25 heavy (non-hydrogen) atoms. The van der Waals surface area contributed by atoms with Crippen LogP contribution in [0.25, 0.3) is 6.08 Å². The Hall–Kier alpha value is -2.50. The van der Waals surface area contributed by atoms with E-state index in [9.17, 15) is 9.59 Å². The molecule has 2 amide bonds. The van der Waals surface area contributed by atoms with Gasteiger partial charge in [0.2, 0.25) is 11.8 Å². The lowest BCUT2D eigenvalue weighted by molar-refractivity contribution is -0.126. The maximum absolute atomic E-state index is 12.1. The molecule has 3 N–H and O–H groups in total. The Kier molecular flexibility index (Phi) is 8.53. The lowest BCUT2D eigenvalue weighted by Crippen LogP contribution is -2.47. The quantitative estimate of drug-likeness (QED) is 0.636.